The van der Waals surface area contributed by atoms with Crippen LogP contribution in [0.4, 0.5) is 4.79 Å². The fourth-order valence-corrected chi connectivity index (χ4v) is 2.76. The Morgan fingerprint density at radius 3 is 2.55 bits per heavy atom. The van der Waals surface area contributed by atoms with Gasteiger partial charge in [0.2, 0.25) is 5.91 Å². The first kappa shape index (κ1) is 16.3. The van der Waals surface area contributed by atoms with E-state index in [1.54, 1.807) is 34.9 Å². The quantitative estimate of drug-likeness (QED) is 0.803. The summed E-state index contributed by atoms with van der Waals surface area (Å²) >= 11 is 0. The Hall–Kier alpha value is -2.12. The monoisotopic (exact) mass is 308 g/mol. The number of carbonyl (C=O) groups is 2. The fourth-order valence-electron chi connectivity index (χ4n) is 2.76. The summed E-state index contributed by atoms with van der Waals surface area (Å²) in [5, 5.41) is 4.00. The van der Waals surface area contributed by atoms with Crippen LogP contribution in [0.3, 0.4) is 0 Å². The zero-order valence-electron chi connectivity index (χ0n) is 13.7. The molecular weight excluding hydrogens is 284 g/mol. The van der Waals surface area contributed by atoms with Crippen LogP contribution in [0.25, 0.3) is 0 Å². The van der Waals surface area contributed by atoms with E-state index >= 15 is 0 Å². The number of nitrogens with zero attached hydrogens (tertiary/aromatic N) is 6. The summed E-state index contributed by atoms with van der Waals surface area (Å²) in [6, 6.07) is -0.0113. The van der Waals surface area contributed by atoms with Crippen LogP contribution in [0.15, 0.2) is 12.7 Å². The molecule has 1 aromatic heterocycles. The Bertz CT molecular complexity index is 525. The second-order valence-corrected chi connectivity index (χ2v) is 6.36. The van der Waals surface area contributed by atoms with E-state index in [2.05, 4.69) is 10.1 Å². The average Bonchev–Trinajstić information content (AvgIpc) is 2.96. The number of aryl methyl sites for hydroxylation is 1. The maximum atomic E-state index is 12.5. The molecule has 0 saturated carbocycles. The molecule has 2 heterocycles. The van der Waals surface area contributed by atoms with Crippen LogP contribution >= 0.6 is 0 Å². The summed E-state index contributed by atoms with van der Waals surface area (Å²) in [5.74, 6) is 0.0810. The fraction of sp³-hybridized carbons (Fsp3) is 0.714. The number of aromatic nitrogens is 3. The number of urea groups is 1. The Kier molecular flexibility index (Phi) is 4.68. The lowest BCUT2D eigenvalue weighted by atomic mass is 9.98. The van der Waals surface area contributed by atoms with Crippen LogP contribution in [0.2, 0.25) is 0 Å². The minimum absolute atomic E-state index is 0.0113. The van der Waals surface area contributed by atoms with E-state index in [0.29, 0.717) is 32.6 Å². The van der Waals surface area contributed by atoms with Crippen LogP contribution < -0.4 is 0 Å². The molecule has 122 valence electrons. The number of rotatable bonds is 3. The largest absolute Gasteiger partial charge is 0.334 e. The minimum Gasteiger partial charge on any atom is -0.334 e. The zero-order chi connectivity index (χ0) is 16.3. The standard InChI is InChI=1S/C14H24N6O2/c1-14(2)9-18(13(22)17(3)4)7-8-20(14)12(21)5-6-19-11-15-10-16-19/h10-11H,5-9H2,1-4H3. The molecule has 0 radical (unpaired) electrons. The molecule has 8 nitrogen and oxygen atoms in total. The lowest BCUT2D eigenvalue weighted by Gasteiger charge is -2.47. The summed E-state index contributed by atoms with van der Waals surface area (Å²) in [7, 11) is 3.48. The van der Waals surface area contributed by atoms with Crippen molar-refractivity contribution in [2.75, 3.05) is 33.7 Å². The highest BCUT2D eigenvalue weighted by atomic mass is 16.2. The molecule has 1 aliphatic rings. The van der Waals surface area contributed by atoms with E-state index < -0.39 is 0 Å². The third kappa shape index (κ3) is 3.55. The van der Waals surface area contributed by atoms with Gasteiger partial charge < -0.3 is 14.7 Å². The number of hydrogen-bond donors (Lipinski definition) is 0. The third-order valence-electron chi connectivity index (χ3n) is 3.88. The molecule has 0 aliphatic carbocycles. The topological polar surface area (TPSA) is 74.6 Å². The second-order valence-electron chi connectivity index (χ2n) is 6.36. The molecule has 0 atom stereocenters. The first-order valence-corrected chi connectivity index (χ1v) is 7.40. The van der Waals surface area contributed by atoms with Crippen molar-refractivity contribution in [3.05, 3.63) is 12.7 Å². The van der Waals surface area contributed by atoms with Crippen LogP contribution in [-0.4, -0.2) is 80.7 Å². The predicted octanol–water partition coefficient (Wildman–Crippen LogP) is 0.273. The highest BCUT2D eigenvalue weighted by Crippen LogP contribution is 2.22. The lowest BCUT2D eigenvalue weighted by molar-refractivity contribution is -0.140. The molecule has 1 aromatic rings. The van der Waals surface area contributed by atoms with Crippen molar-refractivity contribution in [3.8, 4) is 0 Å². The maximum absolute atomic E-state index is 12.5. The van der Waals surface area contributed by atoms with Gasteiger partial charge in [-0.25, -0.2) is 9.78 Å². The Morgan fingerprint density at radius 2 is 2.00 bits per heavy atom. The molecule has 0 spiro atoms. The molecule has 1 fully saturated rings. The molecule has 22 heavy (non-hydrogen) atoms. The molecule has 3 amide bonds. The molecular formula is C14H24N6O2. The van der Waals surface area contributed by atoms with Gasteiger partial charge in [-0.15, -0.1) is 0 Å². The van der Waals surface area contributed by atoms with Gasteiger partial charge in [0.05, 0.1) is 12.1 Å². The molecule has 0 N–H and O–H groups in total. The predicted molar refractivity (Wildman–Crippen MR) is 81.1 cm³/mol. The zero-order valence-corrected chi connectivity index (χ0v) is 13.7. The van der Waals surface area contributed by atoms with Gasteiger partial charge in [0.25, 0.3) is 0 Å². The second kappa shape index (κ2) is 6.33. The molecule has 0 aromatic carbocycles. The van der Waals surface area contributed by atoms with E-state index in [1.807, 2.05) is 18.7 Å². The van der Waals surface area contributed by atoms with E-state index in [1.165, 1.54) is 6.33 Å². The third-order valence-corrected chi connectivity index (χ3v) is 3.88. The van der Waals surface area contributed by atoms with E-state index in [-0.39, 0.29) is 17.5 Å². The molecule has 0 bridgehead atoms. The summed E-state index contributed by atoms with van der Waals surface area (Å²) in [5.41, 5.74) is -0.372. The van der Waals surface area contributed by atoms with Crippen LogP contribution in [0, 0.1) is 0 Å². The molecule has 2 rings (SSSR count). The SMILES string of the molecule is CN(C)C(=O)N1CCN(C(=O)CCn2cncn2)C(C)(C)C1. The van der Waals surface area contributed by atoms with Gasteiger partial charge in [-0.1, -0.05) is 0 Å². The highest BCUT2D eigenvalue weighted by molar-refractivity contribution is 5.78. The van der Waals surface area contributed by atoms with Crippen molar-refractivity contribution >= 4 is 11.9 Å². The van der Waals surface area contributed by atoms with Crippen molar-refractivity contribution in [1.29, 1.82) is 0 Å². The van der Waals surface area contributed by atoms with Gasteiger partial charge in [0.1, 0.15) is 12.7 Å². The minimum atomic E-state index is -0.372. The smallest absolute Gasteiger partial charge is 0.319 e. The van der Waals surface area contributed by atoms with Gasteiger partial charge in [0, 0.05) is 40.2 Å². The number of amides is 3. The van der Waals surface area contributed by atoms with Crippen LogP contribution in [-0.2, 0) is 11.3 Å². The van der Waals surface area contributed by atoms with Gasteiger partial charge in [-0.05, 0) is 13.8 Å². The summed E-state index contributed by atoms with van der Waals surface area (Å²) in [4.78, 5) is 33.6. The van der Waals surface area contributed by atoms with Gasteiger partial charge in [-0.3, -0.25) is 9.48 Å². The molecule has 0 unspecified atom stereocenters. The van der Waals surface area contributed by atoms with Crippen LogP contribution in [0.1, 0.15) is 20.3 Å². The molecule has 8 heteroatoms. The number of hydrogen-bond acceptors (Lipinski definition) is 4. The van der Waals surface area contributed by atoms with Crippen molar-refractivity contribution < 1.29 is 9.59 Å². The first-order chi connectivity index (χ1) is 10.3. The van der Waals surface area contributed by atoms with Crippen molar-refractivity contribution in [2.24, 2.45) is 0 Å². The van der Waals surface area contributed by atoms with E-state index in [4.69, 9.17) is 0 Å². The Morgan fingerprint density at radius 1 is 1.27 bits per heavy atom. The van der Waals surface area contributed by atoms with Crippen molar-refractivity contribution in [3.63, 3.8) is 0 Å². The number of piperazine rings is 1. The van der Waals surface area contributed by atoms with E-state index in [0.717, 1.165) is 0 Å². The van der Waals surface area contributed by atoms with Crippen molar-refractivity contribution in [2.45, 2.75) is 32.4 Å². The van der Waals surface area contributed by atoms with Crippen LogP contribution in [0.5, 0.6) is 0 Å². The van der Waals surface area contributed by atoms with Gasteiger partial charge >= 0.3 is 6.03 Å². The Balaban J connectivity index is 1.95. The van der Waals surface area contributed by atoms with Crippen molar-refractivity contribution in [1.82, 2.24) is 29.5 Å². The maximum Gasteiger partial charge on any atom is 0.319 e. The Labute approximate surface area is 130 Å². The molecule has 1 aliphatic heterocycles. The average molecular weight is 308 g/mol. The van der Waals surface area contributed by atoms with Gasteiger partial charge in [-0.2, -0.15) is 5.10 Å². The lowest BCUT2D eigenvalue weighted by Crippen LogP contribution is -2.63. The number of carbonyl (C=O) groups excluding carboxylic acids is 2. The highest BCUT2D eigenvalue weighted by Gasteiger charge is 2.38. The summed E-state index contributed by atoms with van der Waals surface area (Å²) in [6.07, 6.45) is 3.45. The van der Waals surface area contributed by atoms with Gasteiger partial charge in [0.15, 0.2) is 0 Å². The normalized spacial score (nSPS) is 17.5. The van der Waals surface area contributed by atoms with E-state index in [9.17, 15) is 9.59 Å². The molecule has 1 saturated heterocycles. The first-order valence-electron chi connectivity index (χ1n) is 7.40. The summed E-state index contributed by atoms with van der Waals surface area (Å²) < 4.78 is 1.65. The summed E-state index contributed by atoms with van der Waals surface area (Å²) in [6.45, 7) is 6.17.